The van der Waals surface area contributed by atoms with Gasteiger partial charge in [0, 0.05) is 39.7 Å². The van der Waals surface area contributed by atoms with Crippen LogP contribution in [0.2, 0.25) is 0 Å². The minimum absolute atomic E-state index is 0.309. The van der Waals surface area contributed by atoms with Gasteiger partial charge >= 0.3 is 5.97 Å². The van der Waals surface area contributed by atoms with Crippen LogP contribution in [0.25, 0.3) is 11.4 Å². The van der Waals surface area contributed by atoms with Gasteiger partial charge in [-0.2, -0.15) is 15.0 Å². The number of anilines is 2. The molecule has 186 valence electrons. The molecule has 0 fully saturated rings. The molecule has 0 aliphatic heterocycles. The highest BCUT2D eigenvalue weighted by atomic mass is 16.5. The zero-order chi connectivity index (χ0) is 25.4. The molecule has 3 aromatic rings. The molecule has 0 aliphatic carbocycles. The van der Waals surface area contributed by atoms with Gasteiger partial charge in [-0.1, -0.05) is 42.0 Å². The lowest BCUT2D eigenvalue weighted by molar-refractivity contribution is -0.149. The van der Waals surface area contributed by atoms with E-state index < -0.39 is 12.1 Å². The van der Waals surface area contributed by atoms with E-state index >= 15 is 0 Å². The van der Waals surface area contributed by atoms with Gasteiger partial charge < -0.3 is 24.4 Å². The van der Waals surface area contributed by atoms with Gasteiger partial charge in [0.05, 0.1) is 6.54 Å². The van der Waals surface area contributed by atoms with Crippen molar-refractivity contribution in [2.75, 3.05) is 50.7 Å². The SMILES string of the molecule is CCOC(Cc1ccc(OCCN(C)c2nc(-c3ccc(C)cc3)nc(N(C)C)n2)cc1)C(=O)O. The molecule has 1 unspecified atom stereocenters. The van der Waals surface area contributed by atoms with Crippen molar-refractivity contribution in [3.63, 3.8) is 0 Å². The van der Waals surface area contributed by atoms with Crippen LogP contribution < -0.4 is 14.5 Å². The van der Waals surface area contributed by atoms with Crippen LogP contribution in [0.3, 0.4) is 0 Å². The summed E-state index contributed by atoms with van der Waals surface area (Å²) < 4.78 is 11.2. The highest BCUT2D eigenvalue weighted by Gasteiger charge is 2.18. The molecule has 1 aromatic heterocycles. The van der Waals surface area contributed by atoms with Crippen LogP contribution in [0.15, 0.2) is 48.5 Å². The number of hydrogen-bond acceptors (Lipinski definition) is 8. The number of carbonyl (C=O) groups is 1. The minimum atomic E-state index is -0.962. The summed E-state index contributed by atoms with van der Waals surface area (Å²) in [5.41, 5.74) is 2.98. The number of aliphatic carboxylic acids is 1. The van der Waals surface area contributed by atoms with Crippen molar-refractivity contribution < 1.29 is 19.4 Å². The zero-order valence-corrected chi connectivity index (χ0v) is 20.9. The summed E-state index contributed by atoms with van der Waals surface area (Å²) in [6.45, 7) is 5.18. The zero-order valence-electron chi connectivity index (χ0n) is 20.9. The van der Waals surface area contributed by atoms with Gasteiger partial charge in [0.2, 0.25) is 11.9 Å². The lowest BCUT2D eigenvalue weighted by Gasteiger charge is -2.20. The first-order chi connectivity index (χ1) is 16.8. The number of aryl methyl sites for hydroxylation is 1. The second-order valence-corrected chi connectivity index (χ2v) is 8.42. The predicted molar refractivity (Wildman–Crippen MR) is 136 cm³/mol. The van der Waals surface area contributed by atoms with Crippen LogP contribution in [0.1, 0.15) is 18.1 Å². The number of benzene rings is 2. The summed E-state index contributed by atoms with van der Waals surface area (Å²) in [5, 5.41) is 9.25. The molecule has 0 aliphatic rings. The predicted octanol–water partition coefficient (Wildman–Crippen LogP) is 3.46. The number of rotatable bonds is 12. The Balaban J connectivity index is 1.62. The van der Waals surface area contributed by atoms with Crippen molar-refractivity contribution in [1.29, 1.82) is 0 Å². The van der Waals surface area contributed by atoms with Gasteiger partial charge in [-0.3, -0.25) is 0 Å². The normalized spacial score (nSPS) is 11.7. The van der Waals surface area contributed by atoms with Gasteiger partial charge in [0.15, 0.2) is 11.9 Å². The monoisotopic (exact) mass is 479 g/mol. The van der Waals surface area contributed by atoms with Crippen molar-refractivity contribution >= 4 is 17.9 Å². The van der Waals surface area contributed by atoms with E-state index in [1.54, 1.807) is 6.92 Å². The van der Waals surface area contributed by atoms with Crippen molar-refractivity contribution in [2.24, 2.45) is 0 Å². The average molecular weight is 480 g/mol. The van der Waals surface area contributed by atoms with Crippen LogP contribution in [0.4, 0.5) is 11.9 Å². The molecule has 3 rings (SSSR count). The third-order valence-electron chi connectivity index (χ3n) is 5.35. The number of ether oxygens (including phenoxy) is 2. The van der Waals surface area contributed by atoms with Crippen LogP contribution in [-0.2, 0) is 16.0 Å². The van der Waals surface area contributed by atoms with Crippen LogP contribution in [0, 0.1) is 6.92 Å². The standard InChI is InChI=1S/C26H33N5O4/c1-6-34-22(24(32)33)17-19-9-13-21(14-10-19)35-16-15-31(5)26-28-23(27-25(29-26)30(3)4)20-11-7-18(2)8-12-20/h7-14,22H,6,15-17H2,1-5H3,(H,32,33). The van der Waals surface area contributed by atoms with E-state index in [4.69, 9.17) is 9.47 Å². The summed E-state index contributed by atoms with van der Waals surface area (Å²) >= 11 is 0. The second-order valence-electron chi connectivity index (χ2n) is 8.42. The van der Waals surface area contributed by atoms with Crippen LogP contribution in [-0.4, -0.2) is 73.0 Å². The molecule has 0 saturated carbocycles. The Morgan fingerprint density at radius 3 is 2.23 bits per heavy atom. The number of carboxylic acid groups (broad SMARTS) is 1. The smallest absolute Gasteiger partial charge is 0.333 e. The minimum Gasteiger partial charge on any atom is -0.492 e. The van der Waals surface area contributed by atoms with Crippen molar-refractivity contribution in [3.05, 3.63) is 59.7 Å². The quantitative estimate of drug-likeness (QED) is 0.418. The number of carboxylic acids is 1. The number of likely N-dealkylation sites (N-methyl/N-ethyl adjacent to an activating group) is 1. The van der Waals surface area contributed by atoms with Gasteiger partial charge in [0.25, 0.3) is 0 Å². The third-order valence-corrected chi connectivity index (χ3v) is 5.35. The van der Waals surface area contributed by atoms with Crippen molar-refractivity contribution in [3.8, 4) is 17.1 Å². The first kappa shape index (κ1) is 25.9. The Morgan fingerprint density at radius 1 is 0.971 bits per heavy atom. The highest BCUT2D eigenvalue weighted by Crippen LogP contribution is 2.21. The molecule has 0 bridgehead atoms. The second kappa shape index (κ2) is 12.1. The van der Waals surface area contributed by atoms with E-state index in [-0.39, 0.29) is 0 Å². The van der Waals surface area contributed by atoms with Crippen LogP contribution in [0.5, 0.6) is 5.75 Å². The maximum atomic E-state index is 11.3. The Hall–Kier alpha value is -3.72. The highest BCUT2D eigenvalue weighted by molar-refractivity contribution is 5.72. The van der Waals surface area contributed by atoms with Crippen molar-refractivity contribution in [2.45, 2.75) is 26.4 Å². The molecule has 35 heavy (non-hydrogen) atoms. The summed E-state index contributed by atoms with van der Waals surface area (Å²) in [7, 11) is 5.72. The fourth-order valence-electron chi connectivity index (χ4n) is 3.31. The van der Waals surface area contributed by atoms with E-state index in [1.807, 2.05) is 86.4 Å². The Morgan fingerprint density at radius 2 is 1.63 bits per heavy atom. The largest absolute Gasteiger partial charge is 0.492 e. The molecule has 0 saturated heterocycles. The molecular formula is C26H33N5O4. The fraction of sp³-hybridized carbons (Fsp3) is 0.385. The van der Waals surface area contributed by atoms with E-state index in [2.05, 4.69) is 15.0 Å². The van der Waals surface area contributed by atoms with Gasteiger partial charge in [-0.25, -0.2) is 4.79 Å². The topological polar surface area (TPSA) is 101 Å². The Bertz CT molecular complexity index is 1100. The van der Waals surface area contributed by atoms with E-state index in [0.717, 1.165) is 11.1 Å². The molecule has 9 nitrogen and oxygen atoms in total. The third kappa shape index (κ3) is 7.38. The first-order valence-corrected chi connectivity index (χ1v) is 11.5. The molecule has 2 aromatic carbocycles. The lowest BCUT2D eigenvalue weighted by Crippen LogP contribution is -2.27. The fourth-order valence-corrected chi connectivity index (χ4v) is 3.31. The summed E-state index contributed by atoms with van der Waals surface area (Å²) in [4.78, 5) is 28.9. The number of aromatic nitrogens is 3. The Labute approximate surface area is 206 Å². The molecule has 1 atom stereocenters. The summed E-state index contributed by atoms with van der Waals surface area (Å²) in [6, 6.07) is 15.5. The molecule has 1 heterocycles. The molecule has 0 spiro atoms. The molecular weight excluding hydrogens is 446 g/mol. The van der Waals surface area contributed by atoms with Gasteiger partial charge in [-0.15, -0.1) is 0 Å². The summed E-state index contributed by atoms with van der Waals surface area (Å²) in [6.07, 6.45) is -0.541. The average Bonchev–Trinajstić information content (AvgIpc) is 2.84. The maximum absolute atomic E-state index is 11.3. The van der Waals surface area contributed by atoms with Gasteiger partial charge in [0.1, 0.15) is 12.4 Å². The summed E-state index contributed by atoms with van der Waals surface area (Å²) in [5.74, 6) is 1.51. The van der Waals surface area contributed by atoms with E-state index in [9.17, 15) is 9.90 Å². The number of hydrogen-bond donors (Lipinski definition) is 1. The van der Waals surface area contributed by atoms with Crippen LogP contribution >= 0.6 is 0 Å². The molecule has 0 radical (unpaired) electrons. The maximum Gasteiger partial charge on any atom is 0.333 e. The lowest BCUT2D eigenvalue weighted by atomic mass is 10.1. The molecule has 0 amide bonds. The van der Waals surface area contributed by atoms with E-state index in [1.165, 1.54) is 5.56 Å². The molecule has 9 heteroatoms. The van der Waals surface area contributed by atoms with E-state index in [0.29, 0.717) is 49.6 Å². The first-order valence-electron chi connectivity index (χ1n) is 11.5. The van der Waals surface area contributed by atoms with Crippen molar-refractivity contribution in [1.82, 2.24) is 15.0 Å². The number of nitrogens with zero attached hydrogens (tertiary/aromatic N) is 5. The van der Waals surface area contributed by atoms with Gasteiger partial charge in [-0.05, 0) is 31.5 Å². The molecule has 1 N–H and O–H groups in total. The Kier molecular flexibility index (Phi) is 8.97.